The molecule has 0 saturated carbocycles. The van der Waals surface area contributed by atoms with Crippen molar-refractivity contribution in [1.29, 1.82) is 0 Å². The van der Waals surface area contributed by atoms with E-state index in [9.17, 15) is 18.8 Å². The molecule has 1 fully saturated rings. The number of imide groups is 2. The van der Waals surface area contributed by atoms with Gasteiger partial charge < -0.3 is 0 Å². The summed E-state index contributed by atoms with van der Waals surface area (Å²) in [5.41, 5.74) is 3.32. The first kappa shape index (κ1) is 22.4. The van der Waals surface area contributed by atoms with Crippen LogP contribution < -0.4 is 10.2 Å². The number of hydrogen-bond acceptors (Lipinski definition) is 3. The van der Waals surface area contributed by atoms with Crippen molar-refractivity contribution >= 4 is 41.2 Å². The average Bonchev–Trinajstić information content (AvgIpc) is 2.79. The van der Waals surface area contributed by atoms with E-state index in [1.807, 2.05) is 19.1 Å². The molecule has 166 valence electrons. The zero-order valence-corrected chi connectivity index (χ0v) is 18.5. The second kappa shape index (κ2) is 9.38. The van der Waals surface area contributed by atoms with Crippen LogP contribution in [0.2, 0.25) is 5.02 Å². The molecule has 4 rings (SSSR count). The van der Waals surface area contributed by atoms with Gasteiger partial charge in [-0.25, -0.2) is 14.1 Å². The number of carbonyl (C=O) groups excluding carboxylic acids is 3. The summed E-state index contributed by atoms with van der Waals surface area (Å²) in [6.07, 6.45) is 2.65. The summed E-state index contributed by atoms with van der Waals surface area (Å²) in [5.74, 6) is -1.81. The van der Waals surface area contributed by atoms with Crippen molar-refractivity contribution in [2.75, 3.05) is 4.90 Å². The van der Waals surface area contributed by atoms with Crippen LogP contribution in [0.15, 0.2) is 72.3 Å². The number of amides is 4. The van der Waals surface area contributed by atoms with E-state index >= 15 is 0 Å². The third-order valence-corrected chi connectivity index (χ3v) is 5.73. The number of hydrogen-bond donors (Lipinski definition) is 1. The number of barbiturate groups is 1. The summed E-state index contributed by atoms with van der Waals surface area (Å²) < 4.78 is 13.4. The van der Waals surface area contributed by atoms with Crippen LogP contribution >= 0.6 is 11.6 Å². The summed E-state index contributed by atoms with van der Waals surface area (Å²) in [6.45, 7) is 2.00. The summed E-state index contributed by atoms with van der Waals surface area (Å²) >= 11 is 6.41. The molecule has 0 radical (unpaired) electrons. The van der Waals surface area contributed by atoms with Gasteiger partial charge in [0, 0.05) is 5.02 Å². The van der Waals surface area contributed by atoms with Crippen LogP contribution in [0.3, 0.4) is 0 Å². The molecule has 4 amide bonds. The maximum atomic E-state index is 13.4. The molecule has 1 saturated heterocycles. The van der Waals surface area contributed by atoms with E-state index < -0.39 is 17.8 Å². The summed E-state index contributed by atoms with van der Waals surface area (Å²) in [5, 5.41) is 2.63. The number of nitrogens with zero attached hydrogens (tertiary/aromatic N) is 1. The van der Waals surface area contributed by atoms with E-state index in [4.69, 9.17) is 11.6 Å². The fraction of sp³-hybridized carbons (Fsp3) is 0.115. The van der Waals surface area contributed by atoms with Crippen LogP contribution in [0.1, 0.15) is 29.2 Å². The molecule has 33 heavy (non-hydrogen) atoms. The van der Waals surface area contributed by atoms with E-state index in [2.05, 4.69) is 5.32 Å². The topological polar surface area (TPSA) is 66.5 Å². The normalized spacial score (nSPS) is 15.2. The Kier molecular flexibility index (Phi) is 6.38. The van der Waals surface area contributed by atoms with E-state index in [1.54, 1.807) is 42.5 Å². The molecular weight excluding hydrogens is 443 g/mol. The minimum Gasteiger partial charge on any atom is -0.273 e. The van der Waals surface area contributed by atoms with Crippen LogP contribution in [0.4, 0.5) is 14.9 Å². The Morgan fingerprint density at radius 2 is 1.73 bits per heavy atom. The van der Waals surface area contributed by atoms with Crippen LogP contribution in [-0.2, 0) is 22.4 Å². The Morgan fingerprint density at radius 1 is 0.970 bits per heavy atom. The fourth-order valence-electron chi connectivity index (χ4n) is 3.60. The van der Waals surface area contributed by atoms with Crippen LogP contribution in [0.5, 0.6) is 0 Å². The van der Waals surface area contributed by atoms with Crippen molar-refractivity contribution in [2.24, 2.45) is 0 Å². The highest BCUT2D eigenvalue weighted by molar-refractivity contribution is 6.39. The molecule has 0 spiro atoms. The maximum Gasteiger partial charge on any atom is 0.335 e. The fourth-order valence-corrected chi connectivity index (χ4v) is 3.86. The number of rotatable bonds is 5. The standard InChI is InChI=1S/C26H20ClFN2O3/c1-2-16-7-10-21(11-8-16)30-25(32)22(24(31)29-26(30)33)14-18-6-9-19(23(27)15-18)12-17-4-3-5-20(28)13-17/h3-11,13-15H,2,12H2,1H3,(H,29,31,33)/b22-14+. The minimum atomic E-state index is -0.796. The third-order valence-electron chi connectivity index (χ3n) is 5.38. The Bertz CT molecular complexity index is 1280. The molecule has 0 unspecified atom stereocenters. The Labute approximate surface area is 195 Å². The molecule has 7 heteroatoms. The van der Waals surface area contributed by atoms with Gasteiger partial charge in [-0.1, -0.05) is 54.9 Å². The summed E-state index contributed by atoms with van der Waals surface area (Å²) in [6, 6.07) is 17.5. The Hall–Kier alpha value is -3.77. The first-order valence-electron chi connectivity index (χ1n) is 10.4. The number of urea groups is 1. The first-order valence-corrected chi connectivity index (χ1v) is 10.8. The number of anilines is 1. The number of benzene rings is 3. The van der Waals surface area contributed by atoms with Crippen molar-refractivity contribution in [3.63, 3.8) is 0 Å². The summed E-state index contributed by atoms with van der Waals surface area (Å²) in [7, 11) is 0. The SMILES string of the molecule is CCc1ccc(N2C(=O)NC(=O)/C(=C\c3ccc(Cc4cccc(F)c4)c(Cl)c3)C2=O)cc1. The molecule has 0 bridgehead atoms. The van der Waals surface area contributed by atoms with Crippen molar-refractivity contribution in [2.45, 2.75) is 19.8 Å². The molecule has 5 nitrogen and oxygen atoms in total. The average molecular weight is 463 g/mol. The minimum absolute atomic E-state index is 0.178. The third kappa shape index (κ3) is 4.86. The number of aryl methyl sites for hydroxylation is 1. The van der Waals surface area contributed by atoms with Gasteiger partial charge in [0.2, 0.25) is 0 Å². The van der Waals surface area contributed by atoms with Crippen LogP contribution in [0, 0.1) is 5.82 Å². The maximum absolute atomic E-state index is 13.4. The van der Waals surface area contributed by atoms with Crippen molar-refractivity contribution in [3.05, 3.63) is 105 Å². The van der Waals surface area contributed by atoms with Gasteiger partial charge in [-0.15, -0.1) is 0 Å². The Morgan fingerprint density at radius 3 is 2.39 bits per heavy atom. The molecule has 1 aliphatic rings. The monoisotopic (exact) mass is 462 g/mol. The molecule has 3 aromatic carbocycles. The zero-order valence-electron chi connectivity index (χ0n) is 17.8. The number of carbonyl (C=O) groups is 3. The number of nitrogens with one attached hydrogen (secondary N) is 1. The van der Waals surface area contributed by atoms with Gasteiger partial charge in [0.15, 0.2) is 0 Å². The van der Waals surface area contributed by atoms with Gasteiger partial charge in [-0.2, -0.15) is 0 Å². The highest BCUT2D eigenvalue weighted by Gasteiger charge is 2.36. The van der Waals surface area contributed by atoms with Gasteiger partial charge in [0.1, 0.15) is 11.4 Å². The van der Waals surface area contributed by atoms with Crippen molar-refractivity contribution in [3.8, 4) is 0 Å². The van der Waals surface area contributed by atoms with Gasteiger partial charge in [0.25, 0.3) is 11.8 Å². The smallest absolute Gasteiger partial charge is 0.273 e. The zero-order chi connectivity index (χ0) is 23.5. The Balaban J connectivity index is 1.61. The highest BCUT2D eigenvalue weighted by Crippen LogP contribution is 2.25. The van der Waals surface area contributed by atoms with Crippen LogP contribution in [-0.4, -0.2) is 17.8 Å². The van der Waals surface area contributed by atoms with Crippen molar-refractivity contribution in [1.82, 2.24) is 5.32 Å². The predicted molar refractivity (Wildman–Crippen MR) is 125 cm³/mol. The molecular formula is C26H20ClFN2O3. The molecule has 1 N–H and O–H groups in total. The molecule has 0 atom stereocenters. The lowest BCUT2D eigenvalue weighted by atomic mass is 10.0. The van der Waals surface area contributed by atoms with E-state index in [1.165, 1.54) is 18.2 Å². The lowest BCUT2D eigenvalue weighted by Gasteiger charge is -2.26. The second-order valence-corrected chi connectivity index (χ2v) is 8.04. The molecule has 0 aromatic heterocycles. The van der Waals surface area contributed by atoms with E-state index in [-0.39, 0.29) is 11.4 Å². The molecule has 3 aromatic rings. The van der Waals surface area contributed by atoms with Gasteiger partial charge in [-0.3, -0.25) is 14.9 Å². The van der Waals surface area contributed by atoms with Gasteiger partial charge >= 0.3 is 6.03 Å². The van der Waals surface area contributed by atoms with Crippen molar-refractivity contribution < 1.29 is 18.8 Å². The highest BCUT2D eigenvalue weighted by atomic mass is 35.5. The molecule has 0 aliphatic carbocycles. The van der Waals surface area contributed by atoms with Gasteiger partial charge in [-0.05, 0) is 71.5 Å². The quantitative estimate of drug-likeness (QED) is 0.413. The lowest BCUT2D eigenvalue weighted by molar-refractivity contribution is -0.122. The summed E-state index contributed by atoms with van der Waals surface area (Å²) in [4.78, 5) is 38.7. The van der Waals surface area contributed by atoms with E-state index in [0.29, 0.717) is 22.7 Å². The lowest BCUT2D eigenvalue weighted by Crippen LogP contribution is -2.54. The number of halogens is 2. The molecule has 1 heterocycles. The van der Waals surface area contributed by atoms with Crippen LogP contribution in [0.25, 0.3) is 6.08 Å². The predicted octanol–water partition coefficient (Wildman–Crippen LogP) is 5.30. The van der Waals surface area contributed by atoms with Gasteiger partial charge in [0.05, 0.1) is 5.69 Å². The van der Waals surface area contributed by atoms with E-state index in [0.717, 1.165) is 28.0 Å². The molecule has 1 aliphatic heterocycles. The second-order valence-electron chi connectivity index (χ2n) is 7.64. The largest absolute Gasteiger partial charge is 0.335 e. The first-order chi connectivity index (χ1) is 15.9.